The minimum Gasteiger partial charge on any atom is -0.384 e. The number of anilines is 1. The number of piperazine rings is 1. The van der Waals surface area contributed by atoms with Crippen LogP contribution in [0.4, 0.5) is 5.82 Å². The fourth-order valence-corrected chi connectivity index (χ4v) is 5.03. The molecule has 160 valence electrons. The summed E-state index contributed by atoms with van der Waals surface area (Å²) >= 11 is 0. The summed E-state index contributed by atoms with van der Waals surface area (Å²) < 4.78 is 11.4. The van der Waals surface area contributed by atoms with Crippen LogP contribution in [0.1, 0.15) is 32.1 Å². The van der Waals surface area contributed by atoms with Crippen LogP contribution >= 0.6 is 0 Å². The average molecular weight is 403 g/mol. The van der Waals surface area contributed by atoms with Gasteiger partial charge in [0, 0.05) is 65.2 Å². The lowest BCUT2D eigenvalue weighted by Crippen LogP contribution is -2.57. The van der Waals surface area contributed by atoms with Crippen LogP contribution in [-0.2, 0) is 14.3 Å². The van der Waals surface area contributed by atoms with E-state index in [1.165, 1.54) is 0 Å². The molecule has 3 aliphatic rings. The summed E-state index contributed by atoms with van der Waals surface area (Å²) in [4.78, 5) is 23.8. The largest absolute Gasteiger partial charge is 0.384 e. The SMILES string of the molecule is COCCC(=O)N1CCC2(CC1)CC(N1CCN(c3ccccn3)CC1)CCO2. The van der Waals surface area contributed by atoms with E-state index in [9.17, 15) is 4.79 Å². The highest BCUT2D eigenvalue weighted by molar-refractivity contribution is 5.76. The summed E-state index contributed by atoms with van der Waals surface area (Å²) in [5.74, 6) is 1.29. The molecule has 7 heteroatoms. The van der Waals surface area contributed by atoms with Crippen LogP contribution in [0, 0.1) is 0 Å². The molecule has 3 saturated heterocycles. The van der Waals surface area contributed by atoms with E-state index < -0.39 is 0 Å². The number of nitrogens with zero attached hydrogens (tertiary/aromatic N) is 4. The first-order valence-electron chi connectivity index (χ1n) is 11.0. The molecule has 7 nitrogen and oxygen atoms in total. The fraction of sp³-hybridized carbons (Fsp3) is 0.727. The Kier molecular flexibility index (Phi) is 6.67. The Labute approximate surface area is 174 Å². The smallest absolute Gasteiger partial charge is 0.224 e. The van der Waals surface area contributed by atoms with Gasteiger partial charge in [-0.1, -0.05) is 6.07 Å². The summed E-state index contributed by atoms with van der Waals surface area (Å²) in [6.45, 7) is 7.18. The first-order chi connectivity index (χ1) is 14.2. The molecule has 4 heterocycles. The second-order valence-electron chi connectivity index (χ2n) is 8.51. The second kappa shape index (κ2) is 9.41. The van der Waals surface area contributed by atoms with Crippen LogP contribution in [-0.4, -0.2) is 91.9 Å². The van der Waals surface area contributed by atoms with Crippen molar-refractivity contribution in [2.45, 2.75) is 43.7 Å². The summed E-state index contributed by atoms with van der Waals surface area (Å²) in [6.07, 6.45) is 6.47. The van der Waals surface area contributed by atoms with Gasteiger partial charge in [-0.2, -0.15) is 0 Å². The van der Waals surface area contributed by atoms with E-state index in [-0.39, 0.29) is 11.5 Å². The summed E-state index contributed by atoms with van der Waals surface area (Å²) in [5.41, 5.74) is -0.0426. The Morgan fingerprint density at radius 3 is 2.69 bits per heavy atom. The van der Waals surface area contributed by atoms with Gasteiger partial charge >= 0.3 is 0 Å². The van der Waals surface area contributed by atoms with Crippen molar-refractivity contribution in [2.24, 2.45) is 0 Å². The van der Waals surface area contributed by atoms with Gasteiger partial charge in [-0.3, -0.25) is 9.69 Å². The van der Waals surface area contributed by atoms with Crippen molar-refractivity contribution in [2.75, 3.05) is 64.5 Å². The highest BCUT2D eigenvalue weighted by Crippen LogP contribution is 2.37. The molecule has 1 aromatic heterocycles. The molecule has 0 radical (unpaired) electrons. The molecule has 4 rings (SSSR count). The van der Waals surface area contributed by atoms with Crippen LogP contribution in [0.2, 0.25) is 0 Å². The molecule has 0 N–H and O–H groups in total. The Bertz CT molecular complexity index is 655. The minimum atomic E-state index is -0.0426. The second-order valence-corrected chi connectivity index (χ2v) is 8.51. The number of hydrogen-bond donors (Lipinski definition) is 0. The van der Waals surface area contributed by atoms with Gasteiger partial charge in [0.25, 0.3) is 0 Å². The molecule has 1 unspecified atom stereocenters. The van der Waals surface area contributed by atoms with E-state index >= 15 is 0 Å². The Morgan fingerprint density at radius 1 is 1.21 bits per heavy atom. The third-order valence-electron chi connectivity index (χ3n) is 6.82. The van der Waals surface area contributed by atoms with Crippen molar-refractivity contribution in [1.29, 1.82) is 0 Å². The van der Waals surface area contributed by atoms with Crippen LogP contribution in [0.5, 0.6) is 0 Å². The van der Waals surface area contributed by atoms with Crippen LogP contribution < -0.4 is 4.90 Å². The quantitative estimate of drug-likeness (QED) is 0.748. The molecule has 0 saturated carbocycles. The third kappa shape index (κ3) is 4.90. The van der Waals surface area contributed by atoms with Crippen molar-refractivity contribution < 1.29 is 14.3 Å². The van der Waals surface area contributed by atoms with Crippen LogP contribution in [0.15, 0.2) is 24.4 Å². The normalized spacial score (nSPS) is 25.3. The van der Waals surface area contributed by atoms with Crippen LogP contribution in [0.3, 0.4) is 0 Å². The van der Waals surface area contributed by atoms with E-state index in [0.717, 1.165) is 77.4 Å². The maximum absolute atomic E-state index is 12.3. The molecule has 0 bridgehead atoms. The van der Waals surface area contributed by atoms with Gasteiger partial charge in [-0.25, -0.2) is 4.98 Å². The minimum absolute atomic E-state index is 0.0426. The Hall–Kier alpha value is -1.70. The zero-order chi connectivity index (χ0) is 20.1. The first kappa shape index (κ1) is 20.6. The van der Waals surface area contributed by atoms with Gasteiger partial charge in [-0.15, -0.1) is 0 Å². The van der Waals surface area contributed by atoms with Gasteiger partial charge in [0.2, 0.25) is 5.91 Å². The monoisotopic (exact) mass is 402 g/mol. The van der Waals surface area contributed by atoms with E-state index in [1.54, 1.807) is 7.11 Å². The van der Waals surface area contributed by atoms with E-state index in [0.29, 0.717) is 19.1 Å². The standard InChI is InChI=1S/C22H34N4O3/c1-28-16-6-21(27)26-10-7-22(8-11-26)18-19(5-17-29-22)24-12-14-25(15-13-24)20-4-2-3-9-23-20/h2-4,9,19H,5-8,10-18H2,1H3. The fourth-order valence-electron chi connectivity index (χ4n) is 5.03. The number of amides is 1. The van der Waals surface area contributed by atoms with Crippen molar-refractivity contribution in [3.8, 4) is 0 Å². The van der Waals surface area contributed by atoms with E-state index in [2.05, 4.69) is 26.9 Å². The molecule has 29 heavy (non-hydrogen) atoms. The van der Waals surface area contributed by atoms with Crippen molar-refractivity contribution in [1.82, 2.24) is 14.8 Å². The number of aromatic nitrogens is 1. The van der Waals surface area contributed by atoms with E-state index in [1.807, 2.05) is 17.2 Å². The maximum Gasteiger partial charge on any atom is 0.224 e. The predicted molar refractivity (Wildman–Crippen MR) is 112 cm³/mol. The number of carbonyl (C=O) groups is 1. The first-order valence-corrected chi connectivity index (χ1v) is 11.0. The van der Waals surface area contributed by atoms with Gasteiger partial charge in [0.1, 0.15) is 5.82 Å². The Morgan fingerprint density at radius 2 is 2.00 bits per heavy atom. The highest BCUT2D eigenvalue weighted by atomic mass is 16.5. The molecule has 1 atom stereocenters. The number of rotatable bonds is 5. The third-order valence-corrected chi connectivity index (χ3v) is 6.82. The number of ether oxygens (including phenoxy) is 2. The number of pyridine rings is 1. The number of carbonyl (C=O) groups excluding carboxylic acids is 1. The molecule has 1 aromatic rings. The number of methoxy groups -OCH3 is 1. The lowest BCUT2D eigenvalue weighted by molar-refractivity contribution is -0.150. The van der Waals surface area contributed by atoms with Crippen molar-refractivity contribution in [3.63, 3.8) is 0 Å². The zero-order valence-corrected chi connectivity index (χ0v) is 17.6. The summed E-state index contributed by atoms with van der Waals surface area (Å²) in [6, 6.07) is 6.72. The summed E-state index contributed by atoms with van der Waals surface area (Å²) in [5, 5.41) is 0. The van der Waals surface area contributed by atoms with Gasteiger partial charge in [0.05, 0.1) is 18.6 Å². The molecule has 3 fully saturated rings. The molecule has 1 spiro atoms. The lowest BCUT2D eigenvalue weighted by Gasteiger charge is -2.49. The lowest BCUT2D eigenvalue weighted by atomic mass is 9.81. The molecule has 1 amide bonds. The number of hydrogen-bond acceptors (Lipinski definition) is 6. The topological polar surface area (TPSA) is 58.1 Å². The molecule has 3 aliphatic heterocycles. The maximum atomic E-state index is 12.3. The van der Waals surface area contributed by atoms with Crippen LogP contribution in [0.25, 0.3) is 0 Å². The average Bonchev–Trinajstić information content (AvgIpc) is 2.79. The van der Waals surface area contributed by atoms with E-state index in [4.69, 9.17) is 9.47 Å². The molecular formula is C22H34N4O3. The summed E-state index contributed by atoms with van der Waals surface area (Å²) in [7, 11) is 1.64. The number of likely N-dealkylation sites (tertiary alicyclic amines) is 1. The van der Waals surface area contributed by atoms with Crippen molar-refractivity contribution >= 4 is 11.7 Å². The predicted octanol–water partition coefficient (Wildman–Crippen LogP) is 1.78. The van der Waals surface area contributed by atoms with Gasteiger partial charge in [-0.05, 0) is 37.8 Å². The van der Waals surface area contributed by atoms with Crippen molar-refractivity contribution in [3.05, 3.63) is 24.4 Å². The zero-order valence-electron chi connectivity index (χ0n) is 17.6. The molecular weight excluding hydrogens is 368 g/mol. The Balaban J connectivity index is 1.28. The number of piperidine rings is 1. The van der Waals surface area contributed by atoms with Gasteiger partial charge in [0.15, 0.2) is 0 Å². The van der Waals surface area contributed by atoms with Gasteiger partial charge < -0.3 is 19.3 Å². The highest BCUT2D eigenvalue weighted by Gasteiger charge is 2.42. The molecule has 0 aliphatic carbocycles. The molecule has 0 aromatic carbocycles.